The van der Waals surface area contributed by atoms with Gasteiger partial charge in [-0.05, 0) is 35.4 Å². The third-order valence-electron chi connectivity index (χ3n) is 4.92. The van der Waals surface area contributed by atoms with Crippen LogP contribution in [0.5, 0.6) is 11.5 Å². The summed E-state index contributed by atoms with van der Waals surface area (Å²) >= 11 is 0. The van der Waals surface area contributed by atoms with E-state index in [0.717, 1.165) is 22.0 Å². The van der Waals surface area contributed by atoms with Crippen molar-refractivity contribution in [3.63, 3.8) is 0 Å². The number of rotatable bonds is 6. The summed E-state index contributed by atoms with van der Waals surface area (Å²) in [5.74, 6) is 0.310. The van der Waals surface area contributed by atoms with Crippen molar-refractivity contribution in [1.29, 1.82) is 0 Å². The monoisotopic (exact) mass is 386 g/mol. The fourth-order valence-corrected chi connectivity index (χ4v) is 3.44. The van der Waals surface area contributed by atoms with E-state index in [1.165, 1.54) is 7.11 Å². The number of carbonyl (C=O) groups excluding carboxylic acids is 1. The third-order valence-corrected chi connectivity index (χ3v) is 4.92. The summed E-state index contributed by atoms with van der Waals surface area (Å²) in [6.07, 6.45) is 0. The summed E-state index contributed by atoms with van der Waals surface area (Å²) in [7, 11) is 1.50. The number of hydrogen-bond acceptors (Lipinski definition) is 3. The number of methoxy groups -OCH3 is 1. The zero-order valence-corrected chi connectivity index (χ0v) is 16.1. The van der Waals surface area contributed by atoms with Gasteiger partial charge in [0.05, 0.1) is 7.11 Å². The number of para-hydroxylation sites is 1. The molecule has 0 aliphatic rings. The minimum Gasteiger partial charge on any atom is -0.504 e. The van der Waals surface area contributed by atoms with Crippen molar-refractivity contribution < 1.29 is 14.6 Å². The number of amides is 1. The maximum Gasteiger partial charge on any atom is 0.268 e. The number of aromatic hydroxyl groups is 1. The normalized spacial score (nSPS) is 10.8. The number of carbonyl (C=O) groups is 1. The highest BCUT2D eigenvalue weighted by atomic mass is 16.5. The second-order valence-corrected chi connectivity index (χ2v) is 6.85. The quantitative estimate of drug-likeness (QED) is 0.518. The number of phenolic OH excluding ortho intramolecular Hbond substituents is 1. The number of fused-ring (bicyclic) bond motifs is 1. The third kappa shape index (κ3) is 3.94. The fraction of sp³-hybridized carbons (Fsp3) is 0.125. The predicted octanol–water partition coefficient (Wildman–Crippen LogP) is 4.33. The van der Waals surface area contributed by atoms with E-state index in [-0.39, 0.29) is 11.7 Å². The first kappa shape index (κ1) is 18.6. The van der Waals surface area contributed by atoms with Crippen LogP contribution in [0.15, 0.2) is 78.9 Å². The lowest BCUT2D eigenvalue weighted by atomic mass is 10.2. The molecule has 0 aliphatic heterocycles. The maximum atomic E-state index is 13.0. The van der Waals surface area contributed by atoms with Gasteiger partial charge in [0.2, 0.25) is 0 Å². The van der Waals surface area contributed by atoms with Gasteiger partial charge in [-0.25, -0.2) is 0 Å². The first-order valence-electron chi connectivity index (χ1n) is 9.42. The van der Waals surface area contributed by atoms with E-state index in [4.69, 9.17) is 4.74 Å². The lowest BCUT2D eigenvalue weighted by molar-refractivity contribution is 0.0942. The molecule has 0 unspecified atom stereocenters. The van der Waals surface area contributed by atoms with Gasteiger partial charge >= 0.3 is 0 Å². The van der Waals surface area contributed by atoms with Crippen LogP contribution in [0.4, 0.5) is 0 Å². The topological polar surface area (TPSA) is 63.5 Å². The van der Waals surface area contributed by atoms with Crippen molar-refractivity contribution in [2.24, 2.45) is 0 Å². The number of nitrogens with zero attached hydrogens (tertiary/aromatic N) is 1. The van der Waals surface area contributed by atoms with Crippen molar-refractivity contribution in [2.75, 3.05) is 7.11 Å². The van der Waals surface area contributed by atoms with Gasteiger partial charge in [0.1, 0.15) is 5.69 Å². The highest BCUT2D eigenvalue weighted by Crippen LogP contribution is 2.26. The zero-order valence-electron chi connectivity index (χ0n) is 16.1. The smallest absolute Gasteiger partial charge is 0.268 e. The van der Waals surface area contributed by atoms with Crippen LogP contribution in [0.2, 0.25) is 0 Å². The Morgan fingerprint density at radius 2 is 1.72 bits per heavy atom. The van der Waals surface area contributed by atoms with Gasteiger partial charge in [-0.2, -0.15) is 0 Å². The Morgan fingerprint density at radius 3 is 2.52 bits per heavy atom. The summed E-state index contributed by atoms with van der Waals surface area (Å²) in [5.41, 5.74) is 3.61. The van der Waals surface area contributed by atoms with Crippen molar-refractivity contribution in [1.82, 2.24) is 9.88 Å². The summed E-state index contributed by atoms with van der Waals surface area (Å²) < 4.78 is 7.17. The van der Waals surface area contributed by atoms with E-state index < -0.39 is 0 Å². The van der Waals surface area contributed by atoms with E-state index >= 15 is 0 Å². The van der Waals surface area contributed by atoms with Crippen molar-refractivity contribution in [2.45, 2.75) is 13.1 Å². The van der Waals surface area contributed by atoms with Gasteiger partial charge in [0.15, 0.2) is 11.5 Å². The van der Waals surface area contributed by atoms with Gasteiger partial charge in [-0.3, -0.25) is 4.79 Å². The summed E-state index contributed by atoms with van der Waals surface area (Å²) in [6.45, 7) is 0.951. The van der Waals surface area contributed by atoms with Crippen LogP contribution in [0.1, 0.15) is 21.6 Å². The van der Waals surface area contributed by atoms with E-state index in [1.54, 1.807) is 18.2 Å². The number of hydrogen-bond donors (Lipinski definition) is 2. The molecule has 0 spiro atoms. The molecule has 1 amide bonds. The van der Waals surface area contributed by atoms with Crippen LogP contribution in [0.25, 0.3) is 10.9 Å². The Morgan fingerprint density at radius 1 is 0.966 bits per heavy atom. The Hall–Kier alpha value is -3.73. The molecular weight excluding hydrogens is 364 g/mol. The number of nitrogens with one attached hydrogen (secondary N) is 1. The van der Waals surface area contributed by atoms with Crippen molar-refractivity contribution in [3.8, 4) is 11.5 Å². The van der Waals surface area contributed by atoms with Crippen LogP contribution < -0.4 is 10.1 Å². The molecule has 0 saturated carbocycles. The van der Waals surface area contributed by atoms with Gasteiger partial charge < -0.3 is 19.7 Å². The van der Waals surface area contributed by atoms with E-state index in [1.807, 2.05) is 53.1 Å². The van der Waals surface area contributed by atoms with Crippen LogP contribution in [-0.2, 0) is 13.1 Å². The molecule has 0 atom stereocenters. The molecule has 0 radical (unpaired) electrons. The highest BCUT2D eigenvalue weighted by molar-refractivity contribution is 5.98. The summed E-state index contributed by atoms with van der Waals surface area (Å²) in [6, 6.07) is 25.0. The predicted molar refractivity (Wildman–Crippen MR) is 113 cm³/mol. The molecule has 0 fully saturated rings. The molecule has 1 heterocycles. The lowest BCUT2D eigenvalue weighted by Gasteiger charge is -2.12. The summed E-state index contributed by atoms with van der Waals surface area (Å²) in [4.78, 5) is 13.0. The summed E-state index contributed by atoms with van der Waals surface area (Å²) in [5, 5.41) is 13.7. The first-order chi connectivity index (χ1) is 14.2. The molecule has 0 bridgehead atoms. The maximum absolute atomic E-state index is 13.0. The molecule has 2 N–H and O–H groups in total. The Bertz CT molecular complexity index is 1150. The molecule has 29 heavy (non-hydrogen) atoms. The molecule has 5 heteroatoms. The molecule has 0 saturated heterocycles. The van der Waals surface area contributed by atoms with Gasteiger partial charge in [-0.15, -0.1) is 0 Å². The van der Waals surface area contributed by atoms with Crippen LogP contribution in [0, 0.1) is 0 Å². The standard InChI is InChI=1S/C24H22N2O3/c1-29-23-13-18(11-12-22(23)27)15-25-24(28)21-14-19-9-5-6-10-20(19)26(21)16-17-7-3-2-4-8-17/h2-14,27H,15-16H2,1H3,(H,25,28). The second kappa shape index (κ2) is 8.10. The number of benzene rings is 3. The SMILES string of the molecule is COc1cc(CNC(=O)c2cc3ccccc3n2Cc2ccccc2)ccc1O. The van der Waals surface area contributed by atoms with Crippen LogP contribution >= 0.6 is 0 Å². The average molecular weight is 386 g/mol. The molecule has 146 valence electrons. The Labute approximate surface area is 169 Å². The molecule has 0 aliphatic carbocycles. The molecule has 3 aromatic carbocycles. The highest BCUT2D eigenvalue weighted by Gasteiger charge is 2.16. The van der Waals surface area contributed by atoms with Gasteiger partial charge in [0.25, 0.3) is 5.91 Å². The zero-order chi connectivity index (χ0) is 20.2. The molecule has 1 aromatic heterocycles. The second-order valence-electron chi connectivity index (χ2n) is 6.85. The van der Waals surface area contributed by atoms with Gasteiger partial charge in [0, 0.05) is 24.0 Å². The van der Waals surface area contributed by atoms with Crippen molar-refractivity contribution >= 4 is 16.8 Å². The Balaban J connectivity index is 1.61. The molecule has 4 aromatic rings. The van der Waals surface area contributed by atoms with Crippen molar-refractivity contribution in [3.05, 3.63) is 95.7 Å². The fourth-order valence-electron chi connectivity index (χ4n) is 3.44. The minimum absolute atomic E-state index is 0.0746. The van der Waals surface area contributed by atoms with E-state index in [0.29, 0.717) is 24.5 Å². The molecule has 5 nitrogen and oxygen atoms in total. The average Bonchev–Trinajstić information content (AvgIpc) is 3.12. The van der Waals surface area contributed by atoms with E-state index in [2.05, 4.69) is 17.4 Å². The molecule has 4 rings (SSSR count). The lowest BCUT2D eigenvalue weighted by Crippen LogP contribution is -2.25. The number of phenols is 1. The Kier molecular flexibility index (Phi) is 5.20. The van der Waals surface area contributed by atoms with E-state index in [9.17, 15) is 9.90 Å². The van der Waals surface area contributed by atoms with Gasteiger partial charge in [-0.1, -0.05) is 54.6 Å². The number of aromatic nitrogens is 1. The minimum atomic E-state index is -0.149. The molecular formula is C24H22N2O3. The number of ether oxygens (including phenoxy) is 1. The first-order valence-corrected chi connectivity index (χ1v) is 9.42. The van der Waals surface area contributed by atoms with Crippen LogP contribution in [0.3, 0.4) is 0 Å². The largest absolute Gasteiger partial charge is 0.504 e. The van der Waals surface area contributed by atoms with Crippen LogP contribution in [-0.4, -0.2) is 22.7 Å².